The highest BCUT2D eigenvalue weighted by atomic mass is 32.2. The number of para-hydroxylation sites is 4. The Kier molecular flexibility index (Phi) is 11.2. The molecular weight excluding hydrogens is 725 g/mol. The van der Waals surface area contributed by atoms with Crippen molar-refractivity contribution in [2.75, 3.05) is 77.8 Å². The Morgan fingerprint density at radius 3 is 2.23 bits per heavy atom. The Labute approximate surface area is 341 Å². The number of quaternary nitrogens is 2. The van der Waals surface area contributed by atoms with E-state index >= 15 is 0 Å². The van der Waals surface area contributed by atoms with Gasteiger partial charge in [0.2, 0.25) is 5.52 Å². The fourth-order valence-electron chi connectivity index (χ4n) is 8.21. The number of rotatable bonds is 14. The van der Waals surface area contributed by atoms with Crippen LogP contribution in [0.1, 0.15) is 35.4 Å². The van der Waals surface area contributed by atoms with Crippen molar-refractivity contribution in [3.63, 3.8) is 0 Å². The van der Waals surface area contributed by atoms with Crippen molar-refractivity contribution in [2.45, 2.75) is 30.7 Å². The average molecular weight is 780 g/mol. The summed E-state index contributed by atoms with van der Waals surface area (Å²) in [4.78, 5) is 10.9. The van der Waals surface area contributed by atoms with E-state index in [-0.39, 0.29) is 0 Å². The molecule has 6 nitrogen and oxygen atoms in total. The summed E-state index contributed by atoms with van der Waals surface area (Å²) >= 11 is 3.61. The number of anilines is 2. The van der Waals surface area contributed by atoms with Gasteiger partial charge in [-0.2, -0.15) is 4.57 Å². The lowest BCUT2D eigenvalue weighted by Gasteiger charge is -2.34. The molecule has 0 amide bonds. The molecule has 4 aromatic carbocycles. The molecule has 0 atom stereocenters. The van der Waals surface area contributed by atoms with Crippen LogP contribution in [0.3, 0.4) is 0 Å². The van der Waals surface area contributed by atoms with E-state index in [4.69, 9.17) is 4.98 Å². The second-order valence-corrected chi connectivity index (χ2v) is 18.7. The molecule has 8 rings (SSSR count). The normalized spacial score (nSPS) is 15.7. The molecular formula is C48H55N6S2+3. The zero-order valence-electron chi connectivity index (χ0n) is 33.6. The fraction of sp³-hybridized carbons (Fsp3) is 0.292. The van der Waals surface area contributed by atoms with Crippen LogP contribution in [-0.2, 0) is 6.54 Å². The number of pyridine rings is 1. The highest BCUT2D eigenvalue weighted by molar-refractivity contribution is 8.03. The quantitative estimate of drug-likeness (QED) is 0.0812. The predicted molar refractivity (Wildman–Crippen MR) is 241 cm³/mol. The molecule has 0 saturated carbocycles. The number of thioether (sulfide) groups is 1. The van der Waals surface area contributed by atoms with Gasteiger partial charge in [-0.3, -0.25) is 0 Å². The number of hydrogen-bond donors (Lipinski definition) is 0. The number of aryl methyl sites for hydroxylation is 1. The predicted octanol–water partition coefficient (Wildman–Crippen LogP) is 10.2. The Balaban J connectivity index is 0.813. The fourth-order valence-corrected chi connectivity index (χ4v) is 10.2. The van der Waals surface area contributed by atoms with E-state index in [0.29, 0.717) is 0 Å². The van der Waals surface area contributed by atoms with Gasteiger partial charge in [0.05, 0.1) is 87.1 Å². The largest absolute Gasteiger partial charge is 0.347 e. The molecule has 2 aliphatic heterocycles. The van der Waals surface area contributed by atoms with Crippen molar-refractivity contribution >= 4 is 73.3 Å². The Morgan fingerprint density at radius 2 is 1.41 bits per heavy atom. The molecule has 6 aromatic rings. The third-order valence-corrected chi connectivity index (χ3v) is 13.6. The Bertz CT molecular complexity index is 2410. The van der Waals surface area contributed by atoms with Crippen molar-refractivity contribution in [1.29, 1.82) is 0 Å². The lowest BCUT2D eigenvalue weighted by atomic mass is 9.99. The summed E-state index contributed by atoms with van der Waals surface area (Å²) in [7, 11) is 11.8. The number of nitrogens with zero attached hydrogens (tertiary/aromatic N) is 6. The minimum Gasteiger partial charge on any atom is -0.347 e. The molecule has 56 heavy (non-hydrogen) atoms. The van der Waals surface area contributed by atoms with Gasteiger partial charge in [0.25, 0.3) is 0 Å². The number of fused-ring (bicyclic) bond motifs is 4. The maximum atomic E-state index is 4.86. The van der Waals surface area contributed by atoms with Crippen molar-refractivity contribution in [2.24, 2.45) is 0 Å². The minimum absolute atomic E-state index is 1.01. The zero-order valence-corrected chi connectivity index (χ0v) is 35.2. The standard InChI is InChI=1S/C48H55N6S2/c1-50-44-22-11-13-24-46(44)56-48(50)36-38-26-30-52(43-21-10-7-18-40(38)43)28-15-32-54(4,5)34-16-33-53(2,3)31-14-27-51-29-25-37(39-17-6-9-20-42(39)51)35-47-49-41-19-8-12-23-45(41)55-47/h6-13,17-26,29-30,35-36H,14-16,27-28,31-34H2,1-5H3/q+3. The van der Waals surface area contributed by atoms with E-state index in [9.17, 15) is 0 Å². The first kappa shape index (κ1) is 38.2. The number of aromatic nitrogens is 2. The third kappa shape index (κ3) is 8.64. The molecule has 0 radical (unpaired) electrons. The van der Waals surface area contributed by atoms with Crippen LogP contribution in [-0.4, -0.2) is 81.9 Å². The molecule has 0 N–H and O–H groups in total. The second-order valence-electron chi connectivity index (χ2n) is 16.6. The zero-order chi connectivity index (χ0) is 38.7. The maximum absolute atomic E-state index is 4.86. The van der Waals surface area contributed by atoms with Crippen LogP contribution in [0.4, 0.5) is 11.4 Å². The number of allylic oxidation sites excluding steroid dienone is 2. The summed E-state index contributed by atoms with van der Waals surface area (Å²) in [6.45, 7) is 6.74. The van der Waals surface area contributed by atoms with Gasteiger partial charge in [-0.1, -0.05) is 66.4 Å². The van der Waals surface area contributed by atoms with E-state index in [2.05, 4.69) is 183 Å². The molecule has 286 valence electrons. The van der Waals surface area contributed by atoms with Crippen molar-refractivity contribution in [1.82, 2.24) is 4.98 Å². The first-order valence-corrected chi connectivity index (χ1v) is 21.6. The van der Waals surface area contributed by atoms with E-state index in [1.807, 2.05) is 11.8 Å². The second kappa shape index (κ2) is 16.4. The highest BCUT2D eigenvalue weighted by Gasteiger charge is 2.24. The monoisotopic (exact) mass is 779 g/mol. The van der Waals surface area contributed by atoms with E-state index < -0.39 is 0 Å². The van der Waals surface area contributed by atoms with Gasteiger partial charge in [0, 0.05) is 60.9 Å². The summed E-state index contributed by atoms with van der Waals surface area (Å²) < 4.78 is 5.78. The van der Waals surface area contributed by atoms with Gasteiger partial charge < -0.3 is 18.8 Å². The number of thiazole rings is 1. The van der Waals surface area contributed by atoms with Crippen molar-refractivity contribution < 1.29 is 13.5 Å². The van der Waals surface area contributed by atoms with E-state index in [0.717, 1.165) is 58.5 Å². The summed E-state index contributed by atoms with van der Waals surface area (Å²) in [6.07, 6.45) is 14.9. The lowest BCUT2D eigenvalue weighted by molar-refractivity contribution is -0.910. The van der Waals surface area contributed by atoms with Crippen LogP contribution < -0.4 is 14.4 Å². The Hall–Kier alpha value is -4.73. The average Bonchev–Trinajstić information content (AvgIpc) is 3.75. The van der Waals surface area contributed by atoms with E-state index in [1.165, 1.54) is 73.1 Å². The molecule has 0 spiro atoms. The molecule has 0 saturated heterocycles. The number of benzene rings is 4. The minimum atomic E-state index is 1.01. The molecule has 2 aromatic heterocycles. The summed E-state index contributed by atoms with van der Waals surface area (Å²) in [6, 6.07) is 37.0. The van der Waals surface area contributed by atoms with Gasteiger partial charge in [0.1, 0.15) is 5.01 Å². The first-order valence-electron chi connectivity index (χ1n) is 20.0. The van der Waals surface area contributed by atoms with Crippen LogP contribution in [0.15, 0.2) is 132 Å². The van der Waals surface area contributed by atoms with E-state index in [1.54, 1.807) is 11.3 Å². The first-order chi connectivity index (χ1) is 27.1. The SMILES string of the molecule is CN1C(=Cc2cc[n+](CCC[N+](C)(C)CCC[N+](C)(C)CCCN3C=CC(=Cc4nc5ccccc5s4)c4ccccc43)c3ccccc23)Sc2ccccc21. The van der Waals surface area contributed by atoms with Gasteiger partial charge >= 0.3 is 0 Å². The van der Waals surface area contributed by atoms with Gasteiger partial charge in [-0.05, 0) is 65.8 Å². The van der Waals surface area contributed by atoms with Crippen LogP contribution in [0.5, 0.6) is 0 Å². The Morgan fingerprint density at radius 1 is 0.714 bits per heavy atom. The van der Waals surface area contributed by atoms with Gasteiger partial charge in [0.15, 0.2) is 12.7 Å². The van der Waals surface area contributed by atoms with Gasteiger partial charge in [-0.25, -0.2) is 4.98 Å². The topological polar surface area (TPSA) is 23.2 Å². The molecule has 2 aliphatic rings. The smallest absolute Gasteiger partial charge is 0.213 e. The van der Waals surface area contributed by atoms with Crippen molar-refractivity contribution in [3.05, 3.63) is 143 Å². The van der Waals surface area contributed by atoms with Crippen molar-refractivity contribution in [3.8, 4) is 0 Å². The molecule has 0 bridgehead atoms. The van der Waals surface area contributed by atoms with Gasteiger partial charge in [-0.15, -0.1) is 11.3 Å². The summed E-state index contributed by atoms with van der Waals surface area (Å²) in [5, 5.41) is 3.63. The molecule has 0 aliphatic carbocycles. The van der Waals surface area contributed by atoms with Crippen LogP contribution in [0.2, 0.25) is 0 Å². The highest BCUT2D eigenvalue weighted by Crippen LogP contribution is 2.45. The lowest BCUT2D eigenvalue weighted by Crippen LogP contribution is -2.47. The maximum Gasteiger partial charge on any atom is 0.213 e. The van der Waals surface area contributed by atoms with Crippen LogP contribution >= 0.6 is 23.1 Å². The molecule has 4 heterocycles. The molecule has 0 unspecified atom stereocenters. The molecule has 8 heteroatoms. The summed E-state index contributed by atoms with van der Waals surface area (Å²) in [5.74, 6) is 0. The van der Waals surface area contributed by atoms with Crippen LogP contribution in [0.25, 0.3) is 38.8 Å². The third-order valence-electron chi connectivity index (χ3n) is 11.4. The number of hydrogen-bond acceptors (Lipinski definition) is 5. The van der Waals surface area contributed by atoms with Crippen LogP contribution in [0, 0.1) is 0 Å². The summed E-state index contributed by atoms with van der Waals surface area (Å²) in [5.41, 5.74) is 8.72. The molecule has 0 fully saturated rings.